The van der Waals surface area contributed by atoms with Crippen LogP contribution in [-0.2, 0) is 16.0 Å². The Kier molecular flexibility index (Phi) is 10.5. The number of aromatic amines is 1. The van der Waals surface area contributed by atoms with Crippen LogP contribution in [-0.4, -0.2) is 46.4 Å². The zero-order valence-corrected chi connectivity index (χ0v) is 17.5. The third-order valence-electron chi connectivity index (χ3n) is 5.10. The highest BCUT2D eigenvalue weighted by Crippen LogP contribution is 2.19. The molecular formula is C21H34N4O5. The molecule has 1 aliphatic heterocycles. The third-order valence-corrected chi connectivity index (χ3v) is 5.10. The highest BCUT2D eigenvalue weighted by atomic mass is 16.5. The summed E-state index contributed by atoms with van der Waals surface area (Å²) in [6, 6.07) is 0. The number of nitrogens with zero attached hydrogens (tertiary/aromatic N) is 1. The number of carbonyl (C=O) groups excluding carboxylic acids is 1. The Hall–Kier alpha value is -2.23. The molecule has 9 nitrogen and oxygen atoms in total. The molecule has 1 aromatic rings. The molecule has 1 aliphatic rings. The smallest absolute Gasteiger partial charge is 0.330 e. The Morgan fingerprint density at radius 1 is 1.10 bits per heavy atom. The van der Waals surface area contributed by atoms with E-state index in [4.69, 9.17) is 15.6 Å². The molecule has 2 rings (SSSR count). The van der Waals surface area contributed by atoms with Crippen molar-refractivity contribution in [2.75, 3.05) is 19.7 Å². The zero-order chi connectivity index (χ0) is 21.8. The van der Waals surface area contributed by atoms with Crippen LogP contribution in [0.15, 0.2) is 27.9 Å². The molecule has 0 fully saturated rings. The van der Waals surface area contributed by atoms with Crippen LogP contribution in [0.3, 0.4) is 0 Å². The SMILES string of the molecule is NCCCCCCCCCCNC(=O)Cc1cn([C@H]2C=C[C@@H](CO)O2)c(=O)[nH]c1=O. The first-order chi connectivity index (χ1) is 14.5. The fraction of sp³-hybridized carbons (Fsp3) is 0.667. The van der Waals surface area contributed by atoms with Crippen molar-refractivity contribution in [1.29, 1.82) is 0 Å². The number of carbonyl (C=O) groups is 1. The zero-order valence-electron chi connectivity index (χ0n) is 17.5. The van der Waals surface area contributed by atoms with Crippen LogP contribution in [0.4, 0.5) is 0 Å². The first kappa shape index (κ1) is 24.0. The lowest BCUT2D eigenvalue weighted by Gasteiger charge is -2.15. The summed E-state index contributed by atoms with van der Waals surface area (Å²) in [6.45, 7) is 1.13. The van der Waals surface area contributed by atoms with E-state index >= 15 is 0 Å². The Morgan fingerprint density at radius 3 is 2.40 bits per heavy atom. The molecule has 5 N–H and O–H groups in total. The summed E-state index contributed by atoms with van der Waals surface area (Å²) >= 11 is 0. The van der Waals surface area contributed by atoms with Crippen molar-refractivity contribution < 1.29 is 14.6 Å². The predicted molar refractivity (Wildman–Crippen MR) is 114 cm³/mol. The van der Waals surface area contributed by atoms with Crippen LogP contribution < -0.4 is 22.3 Å². The molecule has 1 aromatic heterocycles. The maximum Gasteiger partial charge on any atom is 0.330 e. The highest BCUT2D eigenvalue weighted by Gasteiger charge is 2.22. The number of ether oxygens (including phenoxy) is 1. The molecule has 0 aliphatic carbocycles. The van der Waals surface area contributed by atoms with Gasteiger partial charge in [-0.25, -0.2) is 4.79 Å². The number of nitrogens with one attached hydrogen (secondary N) is 2. The average molecular weight is 423 g/mol. The molecule has 0 saturated carbocycles. The lowest BCUT2D eigenvalue weighted by molar-refractivity contribution is -0.120. The minimum Gasteiger partial charge on any atom is -0.393 e. The molecule has 168 valence electrons. The second-order valence-electron chi connectivity index (χ2n) is 7.60. The van der Waals surface area contributed by atoms with Crippen molar-refractivity contribution in [2.45, 2.75) is 70.1 Å². The second-order valence-corrected chi connectivity index (χ2v) is 7.60. The molecule has 0 bridgehead atoms. The van der Waals surface area contributed by atoms with Crippen molar-refractivity contribution in [3.8, 4) is 0 Å². The van der Waals surface area contributed by atoms with Gasteiger partial charge in [-0.05, 0) is 25.5 Å². The molecular weight excluding hydrogens is 388 g/mol. The number of nitrogens with two attached hydrogens (primary N) is 1. The summed E-state index contributed by atoms with van der Waals surface area (Å²) in [6.07, 6.45) is 12.3. The van der Waals surface area contributed by atoms with Crippen molar-refractivity contribution in [2.24, 2.45) is 5.73 Å². The lowest BCUT2D eigenvalue weighted by Crippen LogP contribution is -2.36. The summed E-state index contributed by atoms with van der Waals surface area (Å²) in [4.78, 5) is 38.5. The summed E-state index contributed by atoms with van der Waals surface area (Å²) < 4.78 is 6.70. The minimum absolute atomic E-state index is 0.114. The van der Waals surface area contributed by atoms with Crippen LogP contribution >= 0.6 is 0 Å². The Labute approximate surface area is 176 Å². The standard InChI is InChI=1S/C21H34N4O5/c22-11-7-5-3-1-2-4-6-8-12-23-18(27)13-16-14-25(21(29)24-20(16)28)19-10-9-17(15-26)30-19/h9-10,14,17,19,26H,1-8,11-13,15,22H2,(H,23,27)(H,24,28,29)/t17-,19+/m0/s1. The molecule has 0 spiro atoms. The maximum absolute atomic E-state index is 12.2. The molecule has 2 atom stereocenters. The highest BCUT2D eigenvalue weighted by molar-refractivity contribution is 5.78. The number of hydrogen-bond acceptors (Lipinski definition) is 6. The number of rotatable bonds is 14. The average Bonchev–Trinajstić information content (AvgIpc) is 3.20. The van der Waals surface area contributed by atoms with E-state index in [1.165, 1.54) is 36.4 Å². The van der Waals surface area contributed by atoms with E-state index < -0.39 is 23.6 Å². The number of aliphatic hydroxyl groups is 1. The Morgan fingerprint density at radius 2 is 1.77 bits per heavy atom. The van der Waals surface area contributed by atoms with E-state index in [0.717, 1.165) is 32.2 Å². The Balaban J connectivity index is 1.72. The van der Waals surface area contributed by atoms with Crippen molar-refractivity contribution in [1.82, 2.24) is 14.9 Å². The van der Waals surface area contributed by atoms with E-state index in [-0.39, 0.29) is 24.5 Å². The second kappa shape index (κ2) is 13.1. The van der Waals surface area contributed by atoms with Gasteiger partial charge in [0.1, 0.15) is 6.10 Å². The van der Waals surface area contributed by atoms with Crippen LogP contribution in [0, 0.1) is 0 Å². The van der Waals surface area contributed by atoms with E-state index in [1.807, 2.05) is 0 Å². The molecule has 0 radical (unpaired) electrons. The van der Waals surface area contributed by atoms with Gasteiger partial charge in [0, 0.05) is 18.3 Å². The normalized spacial score (nSPS) is 18.1. The van der Waals surface area contributed by atoms with Gasteiger partial charge in [-0.15, -0.1) is 0 Å². The van der Waals surface area contributed by atoms with Crippen LogP contribution in [0.25, 0.3) is 0 Å². The third kappa shape index (κ3) is 7.89. The van der Waals surface area contributed by atoms with E-state index in [2.05, 4.69) is 10.3 Å². The van der Waals surface area contributed by atoms with E-state index in [9.17, 15) is 14.4 Å². The van der Waals surface area contributed by atoms with Crippen LogP contribution in [0.2, 0.25) is 0 Å². The fourth-order valence-corrected chi connectivity index (χ4v) is 3.39. The largest absolute Gasteiger partial charge is 0.393 e. The minimum atomic E-state index is -0.719. The molecule has 2 heterocycles. The van der Waals surface area contributed by atoms with Crippen molar-refractivity contribution in [3.05, 3.63) is 44.8 Å². The topological polar surface area (TPSA) is 139 Å². The number of amides is 1. The summed E-state index contributed by atoms with van der Waals surface area (Å²) in [5, 5.41) is 12.0. The van der Waals surface area contributed by atoms with Crippen LogP contribution in [0.5, 0.6) is 0 Å². The molecule has 0 unspecified atom stereocenters. The first-order valence-electron chi connectivity index (χ1n) is 10.8. The molecule has 9 heteroatoms. The molecule has 1 amide bonds. The van der Waals surface area contributed by atoms with Gasteiger partial charge >= 0.3 is 5.69 Å². The summed E-state index contributed by atoms with van der Waals surface area (Å²) in [5.41, 5.74) is 4.46. The van der Waals surface area contributed by atoms with Gasteiger partial charge in [-0.3, -0.25) is 19.1 Å². The number of H-pyrrole nitrogens is 1. The number of aromatic nitrogens is 2. The summed E-state index contributed by atoms with van der Waals surface area (Å²) in [7, 11) is 0. The lowest BCUT2D eigenvalue weighted by atomic mass is 10.1. The molecule has 30 heavy (non-hydrogen) atoms. The monoisotopic (exact) mass is 422 g/mol. The number of aliphatic hydroxyl groups excluding tert-OH is 1. The van der Waals surface area contributed by atoms with Gasteiger partial charge in [-0.2, -0.15) is 0 Å². The van der Waals surface area contributed by atoms with E-state index in [1.54, 1.807) is 12.2 Å². The van der Waals surface area contributed by atoms with Gasteiger partial charge in [0.2, 0.25) is 5.91 Å². The van der Waals surface area contributed by atoms with Crippen LogP contribution in [0.1, 0.15) is 63.2 Å². The summed E-state index contributed by atoms with van der Waals surface area (Å²) in [5.74, 6) is -0.261. The maximum atomic E-state index is 12.2. The number of unbranched alkanes of at least 4 members (excludes halogenated alkanes) is 7. The number of hydrogen-bond donors (Lipinski definition) is 4. The van der Waals surface area contributed by atoms with E-state index in [0.29, 0.717) is 6.54 Å². The van der Waals surface area contributed by atoms with Gasteiger partial charge in [-0.1, -0.05) is 44.6 Å². The van der Waals surface area contributed by atoms with Gasteiger partial charge in [0.15, 0.2) is 6.23 Å². The fourth-order valence-electron chi connectivity index (χ4n) is 3.39. The molecule has 0 saturated heterocycles. The van der Waals surface area contributed by atoms with Gasteiger partial charge in [0.25, 0.3) is 5.56 Å². The van der Waals surface area contributed by atoms with Gasteiger partial charge < -0.3 is 20.9 Å². The van der Waals surface area contributed by atoms with Crippen molar-refractivity contribution >= 4 is 5.91 Å². The predicted octanol–water partition coefficient (Wildman–Crippen LogP) is 0.721. The molecule has 0 aromatic carbocycles. The first-order valence-corrected chi connectivity index (χ1v) is 10.8. The Bertz CT molecular complexity index is 801. The van der Waals surface area contributed by atoms with Gasteiger partial charge in [0.05, 0.1) is 13.0 Å². The quantitative estimate of drug-likeness (QED) is 0.257. The van der Waals surface area contributed by atoms with Crippen molar-refractivity contribution in [3.63, 3.8) is 0 Å².